The highest BCUT2D eigenvalue weighted by atomic mass is 79.9. The van der Waals surface area contributed by atoms with Crippen LogP contribution in [-0.4, -0.2) is 16.7 Å². The standard InChI is InChI=1S/C15H17BrFN3O/c1-2-6-15(7-3-8-18-15)14-19-13(20-21-14)11-9-10(17)4-5-12(11)16/h4-5,9,18H,2-3,6-8H2,1H3. The number of rotatable bonds is 4. The highest BCUT2D eigenvalue weighted by Gasteiger charge is 2.39. The maximum Gasteiger partial charge on any atom is 0.247 e. The van der Waals surface area contributed by atoms with Crippen molar-refractivity contribution < 1.29 is 8.91 Å². The summed E-state index contributed by atoms with van der Waals surface area (Å²) in [5.74, 6) is 0.704. The van der Waals surface area contributed by atoms with E-state index in [1.807, 2.05) is 0 Å². The molecule has 0 radical (unpaired) electrons. The van der Waals surface area contributed by atoms with Gasteiger partial charge in [-0.2, -0.15) is 4.98 Å². The third-order valence-corrected chi connectivity index (χ3v) is 4.62. The molecule has 1 N–H and O–H groups in total. The lowest BCUT2D eigenvalue weighted by molar-refractivity contribution is 0.241. The molecule has 1 unspecified atom stereocenters. The molecule has 2 heterocycles. The summed E-state index contributed by atoms with van der Waals surface area (Å²) in [6.07, 6.45) is 4.08. The van der Waals surface area contributed by atoms with Crippen LogP contribution in [0.2, 0.25) is 0 Å². The van der Waals surface area contributed by atoms with E-state index in [1.54, 1.807) is 6.07 Å². The summed E-state index contributed by atoms with van der Waals surface area (Å²) in [5, 5.41) is 7.53. The molecule has 21 heavy (non-hydrogen) atoms. The third kappa shape index (κ3) is 2.74. The number of aromatic nitrogens is 2. The van der Waals surface area contributed by atoms with E-state index in [0.717, 1.165) is 36.7 Å². The van der Waals surface area contributed by atoms with Gasteiger partial charge in [-0.1, -0.05) is 34.4 Å². The molecule has 1 atom stereocenters. The molecule has 4 nitrogen and oxygen atoms in total. The molecule has 1 aromatic carbocycles. The van der Waals surface area contributed by atoms with Gasteiger partial charge < -0.3 is 9.84 Å². The van der Waals surface area contributed by atoms with Gasteiger partial charge in [0.1, 0.15) is 5.82 Å². The average Bonchev–Trinajstić information content (AvgIpc) is 3.11. The van der Waals surface area contributed by atoms with Gasteiger partial charge in [-0.05, 0) is 44.0 Å². The molecule has 1 aromatic heterocycles. The molecule has 3 rings (SSSR count). The zero-order valence-corrected chi connectivity index (χ0v) is 13.4. The van der Waals surface area contributed by atoms with E-state index in [9.17, 15) is 4.39 Å². The van der Waals surface area contributed by atoms with Gasteiger partial charge in [-0.25, -0.2) is 4.39 Å². The fourth-order valence-corrected chi connectivity index (χ4v) is 3.36. The zero-order chi connectivity index (χ0) is 14.9. The van der Waals surface area contributed by atoms with Crippen molar-refractivity contribution in [3.05, 3.63) is 34.4 Å². The van der Waals surface area contributed by atoms with Crippen molar-refractivity contribution in [2.45, 2.75) is 38.1 Å². The van der Waals surface area contributed by atoms with Crippen molar-refractivity contribution in [2.75, 3.05) is 6.54 Å². The summed E-state index contributed by atoms with van der Waals surface area (Å²) >= 11 is 3.40. The normalized spacial score (nSPS) is 21.9. The second-order valence-corrected chi connectivity index (χ2v) is 6.26. The molecule has 0 spiro atoms. The number of nitrogens with one attached hydrogen (secondary N) is 1. The van der Waals surface area contributed by atoms with Crippen LogP contribution < -0.4 is 5.32 Å². The van der Waals surface area contributed by atoms with Crippen LogP contribution in [0.4, 0.5) is 4.39 Å². The molecular weight excluding hydrogens is 337 g/mol. The van der Waals surface area contributed by atoms with E-state index >= 15 is 0 Å². The lowest BCUT2D eigenvalue weighted by atomic mass is 9.92. The third-order valence-electron chi connectivity index (χ3n) is 3.93. The first-order chi connectivity index (χ1) is 10.1. The summed E-state index contributed by atoms with van der Waals surface area (Å²) in [5.41, 5.74) is 0.384. The molecule has 0 amide bonds. The topological polar surface area (TPSA) is 51.0 Å². The summed E-state index contributed by atoms with van der Waals surface area (Å²) in [4.78, 5) is 4.52. The Hall–Kier alpha value is -1.27. The molecule has 1 aliphatic rings. The van der Waals surface area contributed by atoms with Gasteiger partial charge in [0.15, 0.2) is 0 Å². The Morgan fingerprint density at radius 2 is 2.33 bits per heavy atom. The Bertz CT molecular complexity index is 638. The van der Waals surface area contributed by atoms with Crippen molar-refractivity contribution in [3.8, 4) is 11.4 Å². The SMILES string of the molecule is CCCC1(c2nc(-c3cc(F)ccc3Br)no2)CCCN1. The van der Waals surface area contributed by atoms with E-state index in [0.29, 0.717) is 17.3 Å². The largest absolute Gasteiger partial charge is 0.337 e. The molecule has 0 bridgehead atoms. The van der Waals surface area contributed by atoms with Crippen LogP contribution in [-0.2, 0) is 5.54 Å². The number of nitrogens with zero attached hydrogens (tertiary/aromatic N) is 2. The van der Waals surface area contributed by atoms with Crippen LogP contribution in [0.15, 0.2) is 27.2 Å². The second kappa shape index (κ2) is 5.85. The first-order valence-corrected chi connectivity index (χ1v) is 7.98. The number of halogens is 2. The highest BCUT2D eigenvalue weighted by Crippen LogP contribution is 2.36. The van der Waals surface area contributed by atoms with Crippen LogP contribution in [0.25, 0.3) is 11.4 Å². The summed E-state index contributed by atoms with van der Waals surface area (Å²) in [6, 6.07) is 4.45. The zero-order valence-electron chi connectivity index (χ0n) is 11.8. The maximum absolute atomic E-state index is 13.4. The summed E-state index contributed by atoms with van der Waals surface area (Å²) < 4.78 is 19.7. The van der Waals surface area contributed by atoms with Crippen LogP contribution in [0.3, 0.4) is 0 Å². The van der Waals surface area contributed by atoms with Gasteiger partial charge in [0, 0.05) is 10.0 Å². The molecule has 1 aliphatic heterocycles. The first kappa shape index (κ1) is 14.7. The first-order valence-electron chi connectivity index (χ1n) is 7.19. The fourth-order valence-electron chi connectivity index (χ4n) is 2.93. The van der Waals surface area contributed by atoms with Crippen LogP contribution in [0.5, 0.6) is 0 Å². The van der Waals surface area contributed by atoms with E-state index in [1.165, 1.54) is 12.1 Å². The molecule has 2 aromatic rings. The minimum absolute atomic E-state index is 0.222. The Kier molecular flexibility index (Phi) is 4.08. The minimum atomic E-state index is -0.318. The van der Waals surface area contributed by atoms with Gasteiger partial charge in [-0.15, -0.1) is 0 Å². The number of benzene rings is 1. The number of hydrogen-bond acceptors (Lipinski definition) is 4. The van der Waals surface area contributed by atoms with Crippen molar-refractivity contribution >= 4 is 15.9 Å². The highest BCUT2D eigenvalue weighted by molar-refractivity contribution is 9.10. The van der Waals surface area contributed by atoms with Gasteiger partial charge >= 0.3 is 0 Å². The molecular formula is C15H17BrFN3O. The molecule has 6 heteroatoms. The lowest BCUT2D eigenvalue weighted by Gasteiger charge is -2.24. The van der Waals surface area contributed by atoms with Crippen LogP contribution >= 0.6 is 15.9 Å². The smallest absolute Gasteiger partial charge is 0.247 e. The van der Waals surface area contributed by atoms with Crippen LogP contribution in [0, 0.1) is 5.82 Å². The Labute approximate surface area is 131 Å². The monoisotopic (exact) mass is 353 g/mol. The maximum atomic E-state index is 13.4. The van der Waals surface area contributed by atoms with E-state index in [2.05, 4.69) is 38.3 Å². The van der Waals surface area contributed by atoms with Gasteiger partial charge in [-0.3, -0.25) is 0 Å². The minimum Gasteiger partial charge on any atom is -0.337 e. The molecule has 1 saturated heterocycles. The predicted molar refractivity (Wildman–Crippen MR) is 81.2 cm³/mol. The van der Waals surface area contributed by atoms with Crippen molar-refractivity contribution in [2.24, 2.45) is 0 Å². The van der Waals surface area contributed by atoms with E-state index in [-0.39, 0.29) is 11.4 Å². The lowest BCUT2D eigenvalue weighted by Crippen LogP contribution is -2.36. The summed E-state index contributed by atoms with van der Waals surface area (Å²) in [6.45, 7) is 3.10. The van der Waals surface area contributed by atoms with E-state index in [4.69, 9.17) is 4.52 Å². The van der Waals surface area contributed by atoms with Gasteiger partial charge in [0.25, 0.3) is 0 Å². The summed E-state index contributed by atoms with van der Waals surface area (Å²) in [7, 11) is 0. The van der Waals surface area contributed by atoms with Crippen LogP contribution in [0.1, 0.15) is 38.5 Å². The Morgan fingerprint density at radius 3 is 3.05 bits per heavy atom. The van der Waals surface area contributed by atoms with Gasteiger partial charge in [0.2, 0.25) is 11.7 Å². The molecule has 1 fully saturated rings. The van der Waals surface area contributed by atoms with Crippen molar-refractivity contribution in [3.63, 3.8) is 0 Å². The van der Waals surface area contributed by atoms with E-state index < -0.39 is 0 Å². The quantitative estimate of drug-likeness (QED) is 0.901. The van der Waals surface area contributed by atoms with Crippen molar-refractivity contribution in [1.29, 1.82) is 0 Å². The Balaban J connectivity index is 1.97. The number of hydrogen-bond donors (Lipinski definition) is 1. The molecule has 0 aliphatic carbocycles. The fraction of sp³-hybridized carbons (Fsp3) is 0.467. The van der Waals surface area contributed by atoms with Gasteiger partial charge in [0.05, 0.1) is 5.54 Å². The molecule has 112 valence electrons. The Morgan fingerprint density at radius 1 is 1.48 bits per heavy atom. The molecule has 0 saturated carbocycles. The second-order valence-electron chi connectivity index (χ2n) is 5.41. The predicted octanol–water partition coefficient (Wildman–Crippen LogP) is 4.02. The van der Waals surface area contributed by atoms with Crippen molar-refractivity contribution in [1.82, 2.24) is 15.5 Å². The average molecular weight is 354 g/mol.